The fourth-order valence-corrected chi connectivity index (χ4v) is 3.64. The zero-order chi connectivity index (χ0) is 20.5. The van der Waals surface area contributed by atoms with Crippen LogP contribution in [0, 0.1) is 5.82 Å². The van der Waals surface area contributed by atoms with Gasteiger partial charge < -0.3 is 4.90 Å². The number of carbonyl (C=O) groups is 1. The first kappa shape index (κ1) is 24.7. The van der Waals surface area contributed by atoms with Gasteiger partial charge in [-0.15, -0.1) is 0 Å². The topological polar surface area (TPSA) is 20.3 Å². The lowest BCUT2D eigenvalue weighted by atomic mass is 10.1. The summed E-state index contributed by atoms with van der Waals surface area (Å²) in [6.45, 7) is 6.05. The van der Waals surface area contributed by atoms with Gasteiger partial charge in [-0.2, -0.15) is 0 Å². The maximum absolute atomic E-state index is 13.5. The van der Waals surface area contributed by atoms with Gasteiger partial charge in [-0.05, 0) is 31.0 Å². The first-order chi connectivity index (χ1) is 13.7. The Balaban J connectivity index is 2.41. The SMILES string of the molecule is CCCCCCCCCN(CCCCCCCCC)C(=O)c1cccc(F)c1. The summed E-state index contributed by atoms with van der Waals surface area (Å²) < 4.78 is 13.5. The molecule has 0 aliphatic rings. The number of hydrogen-bond donors (Lipinski definition) is 0. The highest BCUT2D eigenvalue weighted by Gasteiger charge is 2.15. The minimum Gasteiger partial charge on any atom is -0.339 e. The predicted molar refractivity (Wildman–Crippen MR) is 118 cm³/mol. The Kier molecular flexibility index (Phi) is 14.6. The highest BCUT2D eigenvalue weighted by Crippen LogP contribution is 2.13. The fourth-order valence-electron chi connectivity index (χ4n) is 3.64. The molecular weight excluding hydrogens is 349 g/mol. The van der Waals surface area contributed by atoms with E-state index in [9.17, 15) is 9.18 Å². The van der Waals surface area contributed by atoms with E-state index >= 15 is 0 Å². The number of nitrogens with zero attached hydrogens (tertiary/aromatic N) is 1. The summed E-state index contributed by atoms with van der Waals surface area (Å²) in [5, 5.41) is 0. The number of halogens is 1. The zero-order valence-electron chi connectivity index (χ0n) is 18.4. The van der Waals surface area contributed by atoms with Crippen LogP contribution in [0.2, 0.25) is 0 Å². The molecule has 0 radical (unpaired) electrons. The van der Waals surface area contributed by atoms with Crippen LogP contribution in [0.1, 0.15) is 114 Å². The van der Waals surface area contributed by atoms with Crippen LogP contribution < -0.4 is 0 Å². The molecular formula is C25H42FNO. The summed E-state index contributed by atoms with van der Waals surface area (Å²) in [4.78, 5) is 14.8. The molecule has 3 heteroatoms. The van der Waals surface area contributed by atoms with Crippen molar-refractivity contribution in [2.75, 3.05) is 13.1 Å². The van der Waals surface area contributed by atoms with Crippen molar-refractivity contribution in [3.8, 4) is 0 Å². The molecule has 0 aliphatic heterocycles. The van der Waals surface area contributed by atoms with E-state index in [1.165, 1.54) is 89.2 Å². The number of hydrogen-bond acceptors (Lipinski definition) is 1. The molecule has 160 valence electrons. The van der Waals surface area contributed by atoms with Crippen LogP contribution >= 0.6 is 0 Å². The molecule has 2 nitrogen and oxygen atoms in total. The first-order valence-corrected chi connectivity index (χ1v) is 11.7. The molecule has 0 saturated carbocycles. The standard InChI is InChI=1S/C25H42FNO/c1-3-5-7-9-11-13-15-20-27(21-16-14-12-10-8-6-4-2)25(28)23-18-17-19-24(26)22-23/h17-19,22H,3-16,20-21H2,1-2H3. The van der Waals surface area contributed by atoms with E-state index in [1.807, 2.05) is 4.90 Å². The van der Waals surface area contributed by atoms with Gasteiger partial charge in [-0.25, -0.2) is 4.39 Å². The second kappa shape index (κ2) is 16.6. The zero-order valence-corrected chi connectivity index (χ0v) is 18.4. The summed E-state index contributed by atoms with van der Waals surface area (Å²) in [6.07, 6.45) is 17.4. The van der Waals surface area contributed by atoms with Crippen molar-refractivity contribution in [3.05, 3.63) is 35.6 Å². The molecule has 0 aromatic heterocycles. The van der Waals surface area contributed by atoms with Gasteiger partial charge in [0, 0.05) is 18.7 Å². The summed E-state index contributed by atoms with van der Waals surface area (Å²) in [5.41, 5.74) is 0.478. The maximum atomic E-state index is 13.5. The second-order valence-corrected chi connectivity index (χ2v) is 8.05. The molecule has 0 saturated heterocycles. The van der Waals surface area contributed by atoms with Crippen LogP contribution in [0.3, 0.4) is 0 Å². The quantitative estimate of drug-likeness (QED) is 0.248. The van der Waals surface area contributed by atoms with Crippen molar-refractivity contribution in [3.63, 3.8) is 0 Å². The predicted octanol–water partition coefficient (Wildman–Crippen LogP) is 7.77. The molecule has 1 aromatic rings. The Labute approximate surface area is 172 Å². The third-order valence-corrected chi connectivity index (χ3v) is 5.42. The van der Waals surface area contributed by atoms with Crippen molar-refractivity contribution >= 4 is 5.91 Å². The number of unbranched alkanes of at least 4 members (excludes halogenated alkanes) is 12. The number of carbonyl (C=O) groups excluding carboxylic acids is 1. The highest BCUT2D eigenvalue weighted by molar-refractivity contribution is 5.94. The smallest absolute Gasteiger partial charge is 0.253 e. The Morgan fingerprint density at radius 3 is 1.68 bits per heavy atom. The molecule has 0 fully saturated rings. The van der Waals surface area contributed by atoms with Gasteiger partial charge in [-0.3, -0.25) is 4.79 Å². The molecule has 1 aromatic carbocycles. The molecule has 28 heavy (non-hydrogen) atoms. The van der Waals surface area contributed by atoms with E-state index in [-0.39, 0.29) is 11.7 Å². The van der Waals surface area contributed by atoms with Gasteiger partial charge in [0.15, 0.2) is 0 Å². The second-order valence-electron chi connectivity index (χ2n) is 8.05. The van der Waals surface area contributed by atoms with Crippen molar-refractivity contribution in [1.29, 1.82) is 0 Å². The van der Waals surface area contributed by atoms with E-state index in [0.29, 0.717) is 5.56 Å². The largest absolute Gasteiger partial charge is 0.339 e. The van der Waals surface area contributed by atoms with Crippen LogP contribution in [0.25, 0.3) is 0 Å². The lowest BCUT2D eigenvalue weighted by molar-refractivity contribution is 0.0748. The van der Waals surface area contributed by atoms with Gasteiger partial charge in [0.05, 0.1) is 0 Å². The van der Waals surface area contributed by atoms with Crippen molar-refractivity contribution in [2.24, 2.45) is 0 Å². The van der Waals surface area contributed by atoms with E-state index in [1.54, 1.807) is 12.1 Å². The maximum Gasteiger partial charge on any atom is 0.253 e. The lowest BCUT2D eigenvalue weighted by Crippen LogP contribution is -2.33. The number of rotatable bonds is 17. The van der Waals surface area contributed by atoms with Crippen LogP contribution in [0.4, 0.5) is 4.39 Å². The van der Waals surface area contributed by atoms with Gasteiger partial charge in [0.2, 0.25) is 0 Å². The molecule has 0 N–H and O–H groups in total. The molecule has 0 bridgehead atoms. The minimum absolute atomic E-state index is 0.0172. The molecule has 1 amide bonds. The van der Waals surface area contributed by atoms with Gasteiger partial charge in [-0.1, -0.05) is 97.0 Å². The van der Waals surface area contributed by atoms with Gasteiger partial charge >= 0.3 is 0 Å². The summed E-state index contributed by atoms with van der Waals surface area (Å²) >= 11 is 0. The highest BCUT2D eigenvalue weighted by atomic mass is 19.1. The van der Waals surface area contributed by atoms with Crippen LogP contribution in [0.5, 0.6) is 0 Å². The van der Waals surface area contributed by atoms with E-state index in [4.69, 9.17) is 0 Å². The van der Waals surface area contributed by atoms with Crippen molar-refractivity contribution in [1.82, 2.24) is 4.90 Å². The normalized spacial score (nSPS) is 11.0. The Morgan fingerprint density at radius 2 is 1.21 bits per heavy atom. The van der Waals surface area contributed by atoms with Crippen LogP contribution in [0.15, 0.2) is 24.3 Å². The first-order valence-electron chi connectivity index (χ1n) is 11.7. The number of benzene rings is 1. The van der Waals surface area contributed by atoms with Crippen molar-refractivity contribution < 1.29 is 9.18 Å². The lowest BCUT2D eigenvalue weighted by Gasteiger charge is -2.23. The molecule has 0 atom stereocenters. The number of amides is 1. The van der Waals surface area contributed by atoms with Gasteiger partial charge in [0.25, 0.3) is 5.91 Å². The minimum atomic E-state index is -0.336. The molecule has 0 spiro atoms. The van der Waals surface area contributed by atoms with Crippen LogP contribution in [-0.2, 0) is 0 Å². The molecule has 0 aliphatic carbocycles. The summed E-state index contributed by atoms with van der Waals surface area (Å²) in [7, 11) is 0. The molecule has 1 rings (SSSR count). The van der Waals surface area contributed by atoms with E-state index < -0.39 is 0 Å². The summed E-state index contributed by atoms with van der Waals surface area (Å²) in [5.74, 6) is -0.353. The Bertz CT molecular complexity index is 499. The van der Waals surface area contributed by atoms with E-state index in [0.717, 1.165) is 25.9 Å². The van der Waals surface area contributed by atoms with Crippen molar-refractivity contribution in [2.45, 2.75) is 104 Å². The van der Waals surface area contributed by atoms with Crippen LogP contribution in [-0.4, -0.2) is 23.9 Å². The average Bonchev–Trinajstić information content (AvgIpc) is 2.70. The van der Waals surface area contributed by atoms with E-state index in [2.05, 4.69) is 13.8 Å². The Morgan fingerprint density at radius 1 is 0.750 bits per heavy atom. The summed E-state index contributed by atoms with van der Waals surface area (Å²) in [6, 6.07) is 6.12. The average molecular weight is 392 g/mol. The fraction of sp³-hybridized carbons (Fsp3) is 0.720. The molecule has 0 unspecified atom stereocenters. The third kappa shape index (κ3) is 11.5. The third-order valence-electron chi connectivity index (χ3n) is 5.42. The Hall–Kier alpha value is -1.38. The molecule has 0 heterocycles. The van der Waals surface area contributed by atoms with Gasteiger partial charge in [0.1, 0.15) is 5.82 Å². The monoisotopic (exact) mass is 391 g/mol.